The number of alkyl carbamates (subject to hydrolysis) is 1. The second-order valence-electron chi connectivity index (χ2n) is 9.05. The highest BCUT2D eigenvalue weighted by Gasteiger charge is 2.28. The molecule has 2 amide bonds. The first-order valence-electron chi connectivity index (χ1n) is 11.2. The Kier molecular flexibility index (Phi) is 8.25. The fraction of sp³-hybridized carbons (Fsp3) is 0.286. The summed E-state index contributed by atoms with van der Waals surface area (Å²) in [7, 11) is 0. The molecule has 0 saturated heterocycles. The van der Waals surface area contributed by atoms with E-state index in [-0.39, 0.29) is 5.91 Å². The van der Waals surface area contributed by atoms with Gasteiger partial charge in [-0.1, -0.05) is 91.0 Å². The molecule has 5 heteroatoms. The maximum Gasteiger partial charge on any atom is 0.408 e. The molecule has 0 fully saturated rings. The first-order valence-corrected chi connectivity index (χ1v) is 11.2. The number of carbonyl (C=O) groups excluding carboxylic acids is 2. The van der Waals surface area contributed by atoms with Crippen LogP contribution >= 0.6 is 0 Å². The summed E-state index contributed by atoms with van der Waals surface area (Å²) >= 11 is 0. The van der Waals surface area contributed by atoms with Crippen LogP contribution in [-0.4, -0.2) is 28.5 Å². The average Bonchev–Trinajstić information content (AvgIpc) is 2.78. The summed E-state index contributed by atoms with van der Waals surface area (Å²) in [5, 5.41) is 2.82. The third-order valence-electron chi connectivity index (χ3n) is 5.02. The molecule has 3 aromatic rings. The van der Waals surface area contributed by atoms with Gasteiger partial charge in [0.15, 0.2) is 0 Å². The van der Waals surface area contributed by atoms with Crippen molar-refractivity contribution in [1.29, 1.82) is 0 Å². The lowest BCUT2D eigenvalue weighted by molar-refractivity contribution is -0.134. The number of nitrogens with zero attached hydrogens (tertiary/aromatic N) is 1. The van der Waals surface area contributed by atoms with Gasteiger partial charge >= 0.3 is 6.09 Å². The second kappa shape index (κ2) is 11.3. The summed E-state index contributed by atoms with van der Waals surface area (Å²) in [6.07, 6.45) is -0.227. The number of nitrogens with one attached hydrogen (secondary N) is 1. The minimum absolute atomic E-state index is 0.155. The van der Waals surface area contributed by atoms with E-state index >= 15 is 0 Å². The summed E-state index contributed by atoms with van der Waals surface area (Å²) in [5.74, 6) is -0.155. The molecule has 0 spiro atoms. The smallest absolute Gasteiger partial charge is 0.408 e. The van der Waals surface area contributed by atoms with Gasteiger partial charge < -0.3 is 15.0 Å². The minimum atomic E-state index is -0.755. The Hall–Kier alpha value is -3.60. The van der Waals surface area contributed by atoms with Gasteiger partial charge in [0.2, 0.25) is 5.91 Å². The number of benzene rings is 3. The van der Waals surface area contributed by atoms with Crippen LogP contribution in [0.1, 0.15) is 37.5 Å². The minimum Gasteiger partial charge on any atom is -0.444 e. The van der Waals surface area contributed by atoms with Crippen LogP contribution < -0.4 is 5.32 Å². The topological polar surface area (TPSA) is 58.6 Å². The van der Waals surface area contributed by atoms with E-state index < -0.39 is 17.7 Å². The molecular formula is C28H32N2O3. The Morgan fingerprint density at radius 3 is 1.61 bits per heavy atom. The van der Waals surface area contributed by atoms with Crippen molar-refractivity contribution in [2.45, 2.75) is 51.9 Å². The van der Waals surface area contributed by atoms with Crippen LogP contribution in [-0.2, 0) is 29.0 Å². The zero-order valence-electron chi connectivity index (χ0n) is 19.5. The molecule has 5 nitrogen and oxygen atoms in total. The molecular weight excluding hydrogens is 412 g/mol. The van der Waals surface area contributed by atoms with Gasteiger partial charge in [0, 0.05) is 19.5 Å². The lowest BCUT2D eigenvalue weighted by atomic mass is 10.0. The van der Waals surface area contributed by atoms with E-state index in [1.807, 2.05) is 91.0 Å². The molecule has 172 valence electrons. The standard InChI is InChI=1S/C28H32N2O3/c1-28(2,3)33-27(32)29-25(19-22-13-7-4-8-14-22)26(31)30(20-23-15-9-5-10-16-23)21-24-17-11-6-12-18-24/h4-18,25H,19-21H2,1-3H3,(H,29,32)/t25-/m0/s1. The van der Waals surface area contributed by atoms with E-state index in [1.165, 1.54) is 0 Å². The fourth-order valence-corrected chi connectivity index (χ4v) is 3.54. The summed E-state index contributed by atoms with van der Waals surface area (Å²) < 4.78 is 5.45. The van der Waals surface area contributed by atoms with E-state index in [4.69, 9.17) is 4.74 Å². The summed E-state index contributed by atoms with van der Waals surface area (Å²) in [4.78, 5) is 28.2. The Balaban J connectivity index is 1.87. The van der Waals surface area contributed by atoms with Crippen LogP contribution in [0.25, 0.3) is 0 Å². The summed E-state index contributed by atoms with van der Waals surface area (Å²) in [6, 6.07) is 28.7. The number of rotatable bonds is 8. The normalized spacial score (nSPS) is 12.0. The maximum absolute atomic E-state index is 13.8. The quantitative estimate of drug-likeness (QED) is 0.509. The molecule has 0 radical (unpaired) electrons. The lowest BCUT2D eigenvalue weighted by Gasteiger charge is -2.29. The molecule has 33 heavy (non-hydrogen) atoms. The van der Waals surface area contributed by atoms with E-state index in [0.717, 1.165) is 16.7 Å². The van der Waals surface area contributed by atoms with Gasteiger partial charge in [-0.3, -0.25) is 4.79 Å². The van der Waals surface area contributed by atoms with Crippen molar-refractivity contribution in [3.8, 4) is 0 Å². The second-order valence-corrected chi connectivity index (χ2v) is 9.05. The molecule has 0 aliphatic carbocycles. The van der Waals surface area contributed by atoms with Gasteiger partial charge in [-0.15, -0.1) is 0 Å². The fourth-order valence-electron chi connectivity index (χ4n) is 3.54. The highest BCUT2D eigenvalue weighted by atomic mass is 16.6. The summed E-state index contributed by atoms with van der Waals surface area (Å²) in [6.45, 7) is 6.29. The van der Waals surface area contributed by atoms with Gasteiger partial charge in [-0.2, -0.15) is 0 Å². The van der Waals surface area contributed by atoms with Crippen molar-refractivity contribution in [2.24, 2.45) is 0 Å². The zero-order chi connectivity index (χ0) is 23.7. The first kappa shape index (κ1) is 24.1. The number of amides is 2. The van der Waals surface area contributed by atoms with Crippen molar-refractivity contribution in [3.63, 3.8) is 0 Å². The number of hydrogen-bond acceptors (Lipinski definition) is 3. The highest BCUT2D eigenvalue weighted by Crippen LogP contribution is 2.15. The largest absolute Gasteiger partial charge is 0.444 e. The van der Waals surface area contributed by atoms with Crippen LogP contribution in [0, 0.1) is 0 Å². The van der Waals surface area contributed by atoms with E-state index in [2.05, 4.69) is 5.32 Å². The van der Waals surface area contributed by atoms with Crippen molar-refractivity contribution in [2.75, 3.05) is 0 Å². The monoisotopic (exact) mass is 444 g/mol. The number of ether oxygens (including phenoxy) is 1. The van der Waals surface area contributed by atoms with Gasteiger partial charge in [-0.05, 0) is 37.5 Å². The third-order valence-corrected chi connectivity index (χ3v) is 5.02. The molecule has 0 aromatic heterocycles. The van der Waals surface area contributed by atoms with Crippen molar-refractivity contribution in [3.05, 3.63) is 108 Å². The first-order chi connectivity index (χ1) is 15.8. The van der Waals surface area contributed by atoms with Gasteiger partial charge in [0.05, 0.1) is 0 Å². The van der Waals surface area contributed by atoms with Crippen molar-refractivity contribution >= 4 is 12.0 Å². The Morgan fingerprint density at radius 1 is 0.758 bits per heavy atom. The molecule has 1 atom stereocenters. The molecule has 0 heterocycles. The lowest BCUT2D eigenvalue weighted by Crippen LogP contribution is -2.50. The Bertz CT molecular complexity index is 974. The molecule has 3 rings (SSSR count). The number of hydrogen-bond donors (Lipinski definition) is 1. The van der Waals surface area contributed by atoms with Gasteiger partial charge in [0.1, 0.15) is 11.6 Å². The molecule has 0 bridgehead atoms. The molecule has 0 unspecified atom stereocenters. The van der Waals surface area contributed by atoms with Crippen molar-refractivity contribution < 1.29 is 14.3 Å². The third kappa shape index (κ3) is 8.11. The van der Waals surface area contributed by atoms with Gasteiger partial charge in [-0.25, -0.2) is 4.79 Å². The predicted octanol–water partition coefficient (Wildman–Crippen LogP) is 5.35. The van der Waals surface area contributed by atoms with Crippen LogP contribution in [0.5, 0.6) is 0 Å². The van der Waals surface area contributed by atoms with E-state index in [9.17, 15) is 9.59 Å². The van der Waals surface area contributed by atoms with Crippen LogP contribution in [0.2, 0.25) is 0 Å². The average molecular weight is 445 g/mol. The SMILES string of the molecule is CC(C)(C)OC(=O)N[C@@H](Cc1ccccc1)C(=O)N(Cc1ccccc1)Cc1ccccc1. The Morgan fingerprint density at radius 2 is 1.18 bits per heavy atom. The molecule has 0 aliphatic rings. The van der Waals surface area contributed by atoms with Crippen LogP contribution in [0.3, 0.4) is 0 Å². The summed E-state index contributed by atoms with van der Waals surface area (Å²) in [5.41, 5.74) is 2.36. The molecule has 1 N–H and O–H groups in total. The van der Waals surface area contributed by atoms with Crippen LogP contribution in [0.15, 0.2) is 91.0 Å². The molecule has 0 aliphatic heterocycles. The number of carbonyl (C=O) groups is 2. The van der Waals surface area contributed by atoms with Gasteiger partial charge in [0.25, 0.3) is 0 Å². The molecule has 3 aromatic carbocycles. The van der Waals surface area contributed by atoms with E-state index in [0.29, 0.717) is 19.5 Å². The zero-order valence-corrected chi connectivity index (χ0v) is 19.5. The maximum atomic E-state index is 13.8. The van der Waals surface area contributed by atoms with E-state index in [1.54, 1.807) is 25.7 Å². The Labute approximate surface area is 196 Å². The van der Waals surface area contributed by atoms with Crippen LogP contribution in [0.4, 0.5) is 4.79 Å². The van der Waals surface area contributed by atoms with Crippen molar-refractivity contribution in [1.82, 2.24) is 10.2 Å². The molecule has 0 saturated carbocycles. The predicted molar refractivity (Wildman–Crippen MR) is 130 cm³/mol. The highest BCUT2D eigenvalue weighted by molar-refractivity contribution is 5.86.